The molecule has 0 bridgehead atoms. The zero-order chi connectivity index (χ0) is 26.8. The van der Waals surface area contributed by atoms with Gasteiger partial charge in [0.25, 0.3) is 11.5 Å². The topological polar surface area (TPSA) is 129 Å². The predicted molar refractivity (Wildman–Crippen MR) is 132 cm³/mol. The summed E-state index contributed by atoms with van der Waals surface area (Å²) in [5, 5.41) is 6.71. The van der Waals surface area contributed by atoms with Crippen LogP contribution in [0.15, 0.2) is 64.3 Å². The quantitative estimate of drug-likeness (QED) is 0.484. The largest absolute Gasteiger partial charge is 0.368 e. The van der Waals surface area contributed by atoms with Crippen molar-refractivity contribution in [3.8, 4) is 5.69 Å². The Hall–Kier alpha value is -3.86. The third kappa shape index (κ3) is 5.61. The average molecular weight is 532 g/mol. The van der Waals surface area contributed by atoms with E-state index in [1.165, 1.54) is 18.2 Å². The summed E-state index contributed by atoms with van der Waals surface area (Å²) in [7, 11) is 0. The van der Waals surface area contributed by atoms with E-state index in [4.69, 9.17) is 17.3 Å². The number of amides is 2. The molecule has 4 rings (SSSR count). The number of alkyl halides is 2. The first-order valence-electron chi connectivity index (χ1n) is 11.5. The minimum Gasteiger partial charge on any atom is -0.368 e. The highest BCUT2D eigenvalue weighted by Gasteiger charge is 2.44. The summed E-state index contributed by atoms with van der Waals surface area (Å²) in [6.45, 7) is -0.532. The Morgan fingerprint density at radius 3 is 2.38 bits per heavy atom. The van der Waals surface area contributed by atoms with E-state index in [0.29, 0.717) is 4.57 Å². The van der Waals surface area contributed by atoms with E-state index in [0.717, 1.165) is 16.4 Å². The number of nitrogens with zero attached hydrogens (tertiary/aromatic N) is 3. The summed E-state index contributed by atoms with van der Waals surface area (Å²) in [5.74, 6) is -4.20. The minimum absolute atomic E-state index is 0.0184. The van der Waals surface area contributed by atoms with Crippen molar-refractivity contribution in [2.24, 2.45) is 5.73 Å². The number of carbonyl (C=O) groups excluding carboxylic acids is 2. The Morgan fingerprint density at radius 2 is 1.73 bits per heavy atom. The molecule has 0 saturated heterocycles. The van der Waals surface area contributed by atoms with Gasteiger partial charge in [-0.15, -0.1) is 0 Å². The molecule has 1 aliphatic carbocycles. The van der Waals surface area contributed by atoms with Crippen molar-refractivity contribution >= 4 is 23.4 Å². The molecule has 1 aromatic heterocycles. The summed E-state index contributed by atoms with van der Waals surface area (Å²) in [6.07, 6.45) is 0.659. The normalized spacial score (nSPS) is 16.2. The fraction of sp³-hybridized carbons (Fsp3) is 0.320. The molecule has 194 valence electrons. The van der Waals surface area contributed by atoms with Gasteiger partial charge in [-0.05, 0) is 36.6 Å². The lowest BCUT2D eigenvalue weighted by Crippen LogP contribution is -2.45. The molecule has 2 amide bonds. The molecule has 2 aromatic carbocycles. The van der Waals surface area contributed by atoms with Crippen LogP contribution >= 0.6 is 11.6 Å². The first-order valence-corrected chi connectivity index (χ1v) is 11.9. The molecule has 0 spiro atoms. The summed E-state index contributed by atoms with van der Waals surface area (Å²) in [6, 6.07) is 13.3. The van der Waals surface area contributed by atoms with Gasteiger partial charge in [-0.2, -0.15) is 9.78 Å². The van der Waals surface area contributed by atoms with Crippen molar-refractivity contribution in [2.45, 2.75) is 43.6 Å². The molecule has 1 aliphatic rings. The molecule has 1 heterocycles. The molecule has 0 unspecified atom stereocenters. The lowest BCUT2D eigenvalue weighted by molar-refractivity contribution is -0.118. The highest BCUT2D eigenvalue weighted by Crippen LogP contribution is 2.45. The second-order valence-corrected chi connectivity index (χ2v) is 9.49. The highest BCUT2D eigenvalue weighted by atomic mass is 35.5. The third-order valence-electron chi connectivity index (χ3n) is 6.63. The van der Waals surface area contributed by atoms with Gasteiger partial charge in [0.15, 0.2) is 0 Å². The molecule has 37 heavy (non-hydrogen) atoms. The van der Waals surface area contributed by atoms with E-state index in [1.54, 1.807) is 0 Å². The molecular formula is C25H24ClF2N5O4. The maximum atomic E-state index is 14.0. The number of hydrogen-bond donors (Lipinski definition) is 2. The number of benzene rings is 2. The maximum absolute atomic E-state index is 14.0. The first-order chi connectivity index (χ1) is 17.5. The van der Waals surface area contributed by atoms with Crippen LogP contribution in [0, 0.1) is 0 Å². The second kappa shape index (κ2) is 10.3. The van der Waals surface area contributed by atoms with Gasteiger partial charge in [0.1, 0.15) is 12.7 Å². The summed E-state index contributed by atoms with van der Waals surface area (Å²) >= 11 is 6.27. The van der Waals surface area contributed by atoms with Gasteiger partial charge < -0.3 is 11.1 Å². The fourth-order valence-corrected chi connectivity index (χ4v) is 4.73. The molecular weight excluding hydrogens is 508 g/mol. The Bertz CT molecular complexity index is 1450. The molecule has 9 nitrogen and oxygen atoms in total. The number of carbonyl (C=O) groups is 2. The second-order valence-electron chi connectivity index (χ2n) is 9.08. The number of rotatable bonds is 7. The fourth-order valence-electron chi connectivity index (χ4n) is 4.53. The summed E-state index contributed by atoms with van der Waals surface area (Å²) in [4.78, 5) is 49.1. The third-order valence-corrected chi connectivity index (χ3v) is 6.96. The van der Waals surface area contributed by atoms with Gasteiger partial charge in [-0.25, -0.2) is 18.1 Å². The molecule has 1 saturated carbocycles. The number of primary amides is 1. The number of nitrogens with one attached hydrogen (secondary N) is 1. The molecule has 3 N–H and O–H groups in total. The van der Waals surface area contributed by atoms with E-state index in [-0.39, 0.29) is 48.5 Å². The van der Waals surface area contributed by atoms with Crippen LogP contribution in [0.1, 0.15) is 41.6 Å². The Kier molecular flexibility index (Phi) is 7.26. The lowest BCUT2D eigenvalue weighted by atomic mass is 9.68. The zero-order valence-corrected chi connectivity index (χ0v) is 20.4. The van der Waals surface area contributed by atoms with E-state index >= 15 is 0 Å². The molecule has 0 aliphatic heterocycles. The van der Waals surface area contributed by atoms with E-state index < -0.39 is 40.9 Å². The Balaban J connectivity index is 1.62. The van der Waals surface area contributed by atoms with Crippen LogP contribution < -0.4 is 22.3 Å². The number of nitrogens with two attached hydrogens (primary N) is 1. The van der Waals surface area contributed by atoms with Crippen LogP contribution in [0.2, 0.25) is 5.02 Å². The van der Waals surface area contributed by atoms with Crippen molar-refractivity contribution in [1.82, 2.24) is 19.7 Å². The maximum Gasteiger partial charge on any atom is 0.352 e. The SMILES string of the molecule is NC(=O)Cn1c(=O)cnn(-c2ccc(Cl)c(C(=O)NCC3(c4ccccc4)CCC(F)(F)CC3)c2)c1=O. The number of halogens is 3. The van der Waals surface area contributed by atoms with Gasteiger partial charge in [-0.1, -0.05) is 41.9 Å². The summed E-state index contributed by atoms with van der Waals surface area (Å²) < 4.78 is 29.4. The molecule has 12 heteroatoms. The van der Waals surface area contributed by atoms with Crippen molar-refractivity contribution in [2.75, 3.05) is 6.54 Å². The van der Waals surface area contributed by atoms with Gasteiger partial charge in [-0.3, -0.25) is 14.4 Å². The molecule has 0 radical (unpaired) electrons. The van der Waals surface area contributed by atoms with E-state index in [2.05, 4.69) is 10.4 Å². The molecule has 0 atom stereocenters. The standard InChI is InChI=1S/C25H24ClF2N5O4/c26-19-7-6-17(33-23(37)32(14-20(29)34)21(35)13-31-33)12-18(19)22(36)30-15-24(16-4-2-1-3-5-16)8-10-25(27,28)11-9-24/h1-7,12-13H,8-11,14-15H2,(H2,29,34)(H,30,36). The predicted octanol–water partition coefficient (Wildman–Crippen LogP) is 2.41. The van der Waals surface area contributed by atoms with Crippen molar-refractivity contribution < 1.29 is 18.4 Å². The van der Waals surface area contributed by atoms with Crippen LogP contribution in [0.4, 0.5) is 8.78 Å². The van der Waals surface area contributed by atoms with Gasteiger partial charge in [0.2, 0.25) is 11.8 Å². The number of aromatic nitrogens is 3. The highest BCUT2D eigenvalue weighted by molar-refractivity contribution is 6.33. The smallest absolute Gasteiger partial charge is 0.352 e. The van der Waals surface area contributed by atoms with Gasteiger partial charge >= 0.3 is 5.69 Å². The number of hydrogen-bond acceptors (Lipinski definition) is 5. The zero-order valence-electron chi connectivity index (χ0n) is 19.6. The summed E-state index contributed by atoms with van der Waals surface area (Å²) in [5.41, 5.74) is 3.71. The molecule has 3 aromatic rings. The van der Waals surface area contributed by atoms with Gasteiger partial charge in [0.05, 0.1) is 16.3 Å². The van der Waals surface area contributed by atoms with Crippen molar-refractivity contribution in [3.63, 3.8) is 0 Å². The van der Waals surface area contributed by atoms with Crippen LogP contribution in [-0.4, -0.2) is 38.6 Å². The van der Waals surface area contributed by atoms with Crippen LogP contribution in [0.25, 0.3) is 5.69 Å². The first kappa shape index (κ1) is 26.2. The lowest BCUT2D eigenvalue weighted by Gasteiger charge is -2.40. The van der Waals surface area contributed by atoms with Crippen molar-refractivity contribution in [3.05, 3.63) is 91.7 Å². The monoisotopic (exact) mass is 531 g/mol. The van der Waals surface area contributed by atoms with Crippen LogP contribution in [-0.2, 0) is 16.8 Å². The van der Waals surface area contributed by atoms with Crippen molar-refractivity contribution in [1.29, 1.82) is 0 Å². The van der Waals surface area contributed by atoms with Crippen LogP contribution in [0.5, 0.6) is 0 Å². The van der Waals surface area contributed by atoms with Gasteiger partial charge in [0, 0.05) is 24.8 Å². The average Bonchev–Trinajstić information content (AvgIpc) is 2.87. The van der Waals surface area contributed by atoms with E-state index in [9.17, 15) is 28.0 Å². The Morgan fingerprint density at radius 1 is 1.05 bits per heavy atom. The minimum atomic E-state index is -2.74. The van der Waals surface area contributed by atoms with Crippen LogP contribution in [0.3, 0.4) is 0 Å². The Labute approximate surface area is 214 Å². The molecule has 1 fully saturated rings. The van der Waals surface area contributed by atoms with E-state index in [1.807, 2.05) is 30.3 Å².